The van der Waals surface area contributed by atoms with Crippen molar-refractivity contribution in [3.8, 4) is 0 Å². The van der Waals surface area contributed by atoms with Crippen LogP contribution in [-0.4, -0.2) is 47.0 Å². The Hall–Kier alpha value is -2.11. The number of hydrogen-bond acceptors (Lipinski definition) is 8. The zero-order valence-electron chi connectivity index (χ0n) is 20.1. The van der Waals surface area contributed by atoms with E-state index in [-0.39, 0.29) is 34.3 Å². The van der Waals surface area contributed by atoms with Crippen LogP contribution in [0.5, 0.6) is 0 Å². The van der Waals surface area contributed by atoms with Gasteiger partial charge in [0.1, 0.15) is 5.82 Å². The van der Waals surface area contributed by atoms with Crippen molar-refractivity contribution < 1.29 is 17.6 Å². The summed E-state index contributed by atoms with van der Waals surface area (Å²) in [5.41, 5.74) is 2.84. The van der Waals surface area contributed by atoms with E-state index >= 15 is 0 Å². The van der Waals surface area contributed by atoms with Gasteiger partial charge in [0.05, 0.1) is 16.6 Å². The minimum Gasteiger partial charge on any atom is -0.297 e. The molecule has 2 aromatic carbocycles. The average Bonchev–Trinajstić information content (AvgIpc) is 3.59. The average molecular weight is 580 g/mol. The molecule has 2 fully saturated rings. The van der Waals surface area contributed by atoms with Gasteiger partial charge in [-0.1, -0.05) is 40.4 Å². The third-order valence-corrected chi connectivity index (χ3v) is 11.0. The van der Waals surface area contributed by atoms with E-state index in [1.165, 1.54) is 17.6 Å². The van der Waals surface area contributed by atoms with Crippen LogP contribution in [0, 0.1) is 18.7 Å². The Morgan fingerprint density at radius 2 is 1.89 bits per heavy atom. The van der Waals surface area contributed by atoms with Crippen LogP contribution >= 0.6 is 34.7 Å². The van der Waals surface area contributed by atoms with Crippen molar-refractivity contribution >= 4 is 55.5 Å². The third kappa shape index (κ3) is 6.49. The lowest BCUT2D eigenvalue weighted by Gasteiger charge is -2.38. The normalized spacial score (nSPS) is 20.4. The minimum atomic E-state index is -3.61. The zero-order valence-corrected chi connectivity index (χ0v) is 23.4. The molecule has 3 aromatic rings. The maximum Gasteiger partial charge on any atom is 0.230 e. The molecule has 1 saturated carbocycles. The van der Waals surface area contributed by atoms with Gasteiger partial charge in [0.25, 0.3) is 0 Å². The fourth-order valence-corrected chi connectivity index (χ4v) is 8.52. The van der Waals surface area contributed by atoms with E-state index in [0.29, 0.717) is 30.8 Å². The number of carbonyl (C=O) groups excluding carboxylic acids is 1. The zero-order chi connectivity index (χ0) is 25.3. The number of aromatic nitrogens is 2. The van der Waals surface area contributed by atoms with E-state index in [1.54, 1.807) is 47.8 Å². The van der Waals surface area contributed by atoms with Crippen molar-refractivity contribution in [2.45, 2.75) is 42.4 Å². The van der Waals surface area contributed by atoms with E-state index in [1.807, 2.05) is 17.9 Å². The molecule has 0 spiro atoms. The second kappa shape index (κ2) is 11.7. The summed E-state index contributed by atoms with van der Waals surface area (Å²) >= 11 is 1.22. The number of carbonyl (C=O) groups is 1. The van der Waals surface area contributed by atoms with E-state index in [4.69, 9.17) is 0 Å². The van der Waals surface area contributed by atoms with Crippen molar-refractivity contribution in [2.75, 3.05) is 13.1 Å². The highest BCUT2D eigenvalue weighted by Crippen LogP contribution is 2.42. The molecule has 2 heterocycles. The Bertz CT molecular complexity index is 1380. The molecule has 6 nitrogen and oxygen atoms in total. The van der Waals surface area contributed by atoms with E-state index in [2.05, 4.69) is 9.59 Å². The number of likely N-dealkylation sites (tertiary alicyclic amines) is 1. The van der Waals surface area contributed by atoms with E-state index < -0.39 is 20.7 Å². The van der Waals surface area contributed by atoms with Gasteiger partial charge < -0.3 is 0 Å². The molecular formula is C26H27ClFN3O3S3. The van der Waals surface area contributed by atoms with Gasteiger partial charge in [-0.2, -0.15) is 0 Å². The number of ketones is 1. The highest BCUT2D eigenvalue weighted by atomic mass is 35.5. The highest BCUT2D eigenvalue weighted by Gasteiger charge is 2.42. The fraction of sp³-hybridized carbons (Fsp3) is 0.346. The quantitative estimate of drug-likeness (QED) is 0.316. The Morgan fingerprint density at radius 3 is 2.54 bits per heavy atom. The van der Waals surface area contributed by atoms with Gasteiger partial charge in [-0.3, -0.25) is 9.69 Å². The summed E-state index contributed by atoms with van der Waals surface area (Å²) in [4.78, 5) is 15.6. The lowest BCUT2D eigenvalue weighted by molar-refractivity contribution is -0.126. The molecule has 1 aliphatic heterocycles. The lowest BCUT2D eigenvalue weighted by Crippen LogP contribution is -2.43. The van der Waals surface area contributed by atoms with Gasteiger partial charge >= 0.3 is 0 Å². The topological polar surface area (TPSA) is 80.2 Å². The van der Waals surface area contributed by atoms with Gasteiger partial charge in [0, 0.05) is 35.2 Å². The van der Waals surface area contributed by atoms with Gasteiger partial charge in [-0.25, -0.2) is 12.8 Å². The molecule has 196 valence electrons. The minimum absolute atomic E-state index is 0. The molecule has 2 unspecified atom stereocenters. The maximum absolute atomic E-state index is 14.9. The first-order chi connectivity index (χ1) is 17.3. The smallest absolute Gasteiger partial charge is 0.230 e. The van der Waals surface area contributed by atoms with Crippen molar-refractivity contribution in [3.05, 3.63) is 82.1 Å². The van der Waals surface area contributed by atoms with Crippen molar-refractivity contribution in [1.29, 1.82) is 0 Å². The molecule has 1 aromatic heterocycles. The van der Waals surface area contributed by atoms with Crippen LogP contribution in [-0.2, 0) is 13.7 Å². The van der Waals surface area contributed by atoms with Gasteiger partial charge in [0.2, 0.25) is 8.87 Å². The van der Waals surface area contributed by atoms with Crippen molar-refractivity contribution in [1.82, 2.24) is 14.5 Å². The third-order valence-electron chi connectivity index (χ3n) is 6.55. The Kier molecular flexibility index (Phi) is 8.85. The summed E-state index contributed by atoms with van der Waals surface area (Å²) in [5, 5.41) is 5.58. The molecule has 11 heteroatoms. The SMILES string of the molecule is Cc1ccc(S(=O)(=O)SC2CCN(C(C(=O)C3CC3)c3ccccc3F)CC2=Cc2csnn2)cc1.Cl. The lowest BCUT2D eigenvalue weighted by atomic mass is 9.93. The van der Waals surface area contributed by atoms with Gasteiger partial charge in [0.15, 0.2) is 5.78 Å². The molecular weight excluding hydrogens is 553 g/mol. The number of piperidine rings is 1. The molecule has 37 heavy (non-hydrogen) atoms. The van der Waals surface area contributed by atoms with Crippen LogP contribution in [0.4, 0.5) is 4.39 Å². The van der Waals surface area contributed by atoms with Gasteiger partial charge in [-0.05, 0) is 78.4 Å². The first kappa shape index (κ1) is 27.9. The van der Waals surface area contributed by atoms with Crippen molar-refractivity contribution in [3.63, 3.8) is 0 Å². The molecule has 0 radical (unpaired) electrons. The summed E-state index contributed by atoms with van der Waals surface area (Å²) in [7, 11) is -2.68. The number of rotatable bonds is 8. The van der Waals surface area contributed by atoms with Crippen LogP contribution in [0.15, 0.2) is 64.4 Å². The molecule has 2 aliphatic rings. The number of nitrogens with zero attached hydrogens (tertiary/aromatic N) is 3. The second-order valence-electron chi connectivity index (χ2n) is 9.26. The summed E-state index contributed by atoms with van der Waals surface area (Å²) < 4.78 is 45.3. The van der Waals surface area contributed by atoms with Crippen LogP contribution < -0.4 is 0 Å². The molecule has 5 rings (SSSR count). The number of aryl methyl sites for hydroxylation is 1. The first-order valence-corrected chi connectivity index (χ1v) is 15.5. The predicted molar refractivity (Wildman–Crippen MR) is 148 cm³/mol. The van der Waals surface area contributed by atoms with Crippen LogP contribution in [0.3, 0.4) is 0 Å². The molecule has 1 aliphatic carbocycles. The highest BCUT2D eigenvalue weighted by molar-refractivity contribution is 8.72. The summed E-state index contributed by atoms with van der Waals surface area (Å²) in [6, 6.07) is 12.6. The van der Waals surface area contributed by atoms with E-state index in [9.17, 15) is 17.6 Å². The molecule has 0 N–H and O–H groups in total. The fourth-order valence-electron chi connectivity index (χ4n) is 4.51. The molecule has 0 bridgehead atoms. The summed E-state index contributed by atoms with van der Waals surface area (Å²) in [6.07, 6.45) is 4.02. The van der Waals surface area contributed by atoms with Crippen LogP contribution in [0.2, 0.25) is 0 Å². The Labute approximate surface area is 230 Å². The molecule has 0 amide bonds. The summed E-state index contributed by atoms with van der Waals surface area (Å²) in [6.45, 7) is 2.73. The maximum atomic E-state index is 14.9. The van der Waals surface area contributed by atoms with Crippen LogP contribution in [0.25, 0.3) is 6.08 Å². The standard InChI is InChI=1S/C26H26FN3O3S3.ClH/c1-17-6-10-21(11-7-17)36(32,33)35-24-12-13-30(15-19(24)14-20-16-34-29-28-20)25(26(31)18-8-9-18)22-4-2-3-5-23(22)27;/h2-7,10-11,14,16,18,24-25H,8-9,12-13,15H2,1H3;1H. The number of benzene rings is 2. The largest absolute Gasteiger partial charge is 0.297 e. The first-order valence-electron chi connectivity index (χ1n) is 11.8. The van der Waals surface area contributed by atoms with Crippen LogP contribution in [0.1, 0.15) is 42.1 Å². The predicted octanol–water partition coefficient (Wildman–Crippen LogP) is 5.71. The Balaban J connectivity index is 0.00000320. The molecule has 1 saturated heterocycles. The number of Topliss-reactive ketones (excluding diaryl/α,β-unsaturated/α-hetero) is 1. The second-order valence-corrected chi connectivity index (χ2v) is 13.9. The monoisotopic (exact) mass is 579 g/mol. The van der Waals surface area contributed by atoms with Crippen molar-refractivity contribution in [2.24, 2.45) is 5.92 Å². The Morgan fingerprint density at radius 1 is 1.16 bits per heavy atom. The number of hydrogen-bond donors (Lipinski definition) is 0. The summed E-state index contributed by atoms with van der Waals surface area (Å²) in [5.74, 6) is -0.406. The molecule has 2 atom stereocenters. The van der Waals surface area contributed by atoms with E-state index in [0.717, 1.165) is 34.8 Å². The number of halogens is 2. The van der Waals surface area contributed by atoms with Gasteiger partial charge in [-0.15, -0.1) is 17.5 Å².